The first kappa shape index (κ1) is 24.7. The van der Waals surface area contributed by atoms with Gasteiger partial charge in [-0.3, -0.25) is 9.69 Å². The Morgan fingerprint density at radius 3 is 2.23 bits per heavy atom. The summed E-state index contributed by atoms with van der Waals surface area (Å²) >= 11 is 0. The molecular weight excluding hydrogens is 468 g/mol. The lowest BCUT2D eigenvalue weighted by atomic mass is 10.2. The molecule has 2 heterocycles. The number of piperazine rings is 1. The molecule has 1 amide bonds. The van der Waals surface area contributed by atoms with Crippen LogP contribution in [-0.2, 0) is 31.7 Å². The number of nitrogens with zero attached hydrogens (tertiary/aromatic N) is 2. The summed E-state index contributed by atoms with van der Waals surface area (Å²) in [4.78, 5) is 29.7. The lowest BCUT2D eigenvalue weighted by molar-refractivity contribution is -0.141. The Kier molecular flexibility index (Phi) is 7.67. The largest absolute Gasteiger partial charge is 0.457 e. The van der Waals surface area contributed by atoms with E-state index in [0.29, 0.717) is 13.1 Å². The third-order valence-electron chi connectivity index (χ3n) is 5.94. The molecule has 2 aromatic carbocycles. The van der Waals surface area contributed by atoms with Gasteiger partial charge >= 0.3 is 5.97 Å². The topological polar surface area (TPSA) is 97.1 Å². The predicted molar refractivity (Wildman–Crippen MR) is 129 cm³/mol. The van der Waals surface area contributed by atoms with E-state index in [0.717, 1.165) is 19.6 Å². The molecule has 1 atom stereocenters. The number of ether oxygens (including phenoxy) is 1. The first-order chi connectivity index (χ1) is 16.8. The molecule has 1 fully saturated rings. The fourth-order valence-electron chi connectivity index (χ4n) is 4.03. The van der Waals surface area contributed by atoms with E-state index in [-0.39, 0.29) is 22.1 Å². The summed E-state index contributed by atoms with van der Waals surface area (Å²) in [5.41, 5.74) is 1.41. The van der Waals surface area contributed by atoms with Crippen LogP contribution in [0.2, 0.25) is 0 Å². The highest BCUT2D eigenvalue weighted by atomic mass is 32.2. The van der Waals surface area contributed by atoms with Crippen molar-refractivity contribution in [3.63, 3.8) is 0 Å². The van der Waals surface area contributed by atoms with Crippen LogP contribution in [0.1, 0.15) is 28.6 Å². The Balaban J connectivity index is 1.32. The van der Waals surface area contributed by atoms with Crippen molar-refractivity contribution in [1.29, 1.82) is 0 Å². The Bertz CT molecular complexity index is 1250. The molecule has 3 aromatic rings. The molecule has 0 saturated carbocycles. The number of carbonyl (C=O) groups excluding carboxylic acids is 2. The average Bonchev–Trinajstić information content (AvgIpc) is 3.33. The number of hydrogen-bond acceptors (Lipinski definition) is 7. The normalized spacial score (nSPS) is 15.5. The summed E-state index contributed by atoms with van der Waals surface area (Å²) in [6.45, 7) is 4.85. The van der Waals surface area contributed by atoms with Gasteiger partial charge in [-0.2, -0.15) is 0 Å². The minimum atomic E-state index is -3.68. The van der Waals surface area contributed by atoms with Crippen molar-refractivity contribution in [3.8, 4) is 0 Å². The van der Waals surface area contributed by atoms with E-state index in [4.69, 9.17) is 9.15 Å². The summed E-state index contributed by atoms with van der Waals surface area (Å²) < 4.78 is 36.0. The molecule has 0 spiro atoms. The minimum Gasteiger partial charge on any atom is -0.457 e. The van der Waals surface area contributed by atoms with Crippen LogP contribution < -0.4 is 0 Å². The molecule has 8 nitrogen and oxygen atoms in total. The quantitative estimate of drug-likeness (QED) is 0.442. The SMILES string of the molecule is CC(OC(=O)c1occc1CS(=O)(=O)c1ccccc1)C(=O)N1CCN(Cc2ccccc2)CC1. The second-order valence-electron chi connectivity index (χ2n) is 8.48. The first-order valence-electron chi connectivity index (χ1n) is 11.4. The van der Waals surface area contributed by atoms with Crippen LogP contribution in [-0.4, -0.2) is 62.4 Å². The van der Waals surface area contributed by atoms with Crippen molar-refractivity contribution in [3.05, 3.63) is 89.9 Å². The monoisotopic (exact) mass is 496 g/mol. The lowest BCUT2D eigenvalue weighted by Crippen LogP contribution is -2.51. The van der Waals surface area contributed by atoms with Crippen molar-refractivity contribution >= 4 is 21.7 Å². The second-order valence-corrected chi connectivity index (χ2v) is 10.5. The molecular formula is C26H28N2O6S. The maximum Gasteiger partial charge on any atom is 0.375 e. The molecule has 1 aliphatic rings. The van der Waals surface area contributed by atoms with Gasteiger partial charge in [-0.25, -0.2) is 13.2 Å². The van der Waals surface area contributed by atoms with Crippen LogP contribution in [0.3, 0.4) is 0 Å². The number of amides is 1. The number of sulfone groups is 1. The van der Waals surface area contributed by atoms with E-state index in [1.54, 1.807) is 23.1 Å². The van der Waals surface area contributed by atoms with Crippen LogP contribution in [0.5, 0.6) is 0 Å². The highest BCUT2D eigenvalue weighted by Gasteiger charge is 2.30. The summed E-state index contributed by atoms with van der Waals surface area (Å²) in [6, 6.07) is 19.5. The summed E-state index contributed by atoms with van der Waals surface area (Å²) in [6.07, 6.45) is 0.220. The lowest BCUT2D eigenvalue weighted by Gasteiger charge is -2.35. The number of benzene rings is 2. The summed E-state index contributed by atoms with van der Waals surface area (Å²) in [7, 11) is -3.68. The van der Waals surface area contributed by atoms with E-state index < -0.39 is 27.7 Å². The van der Waals surface area contributed by atoms with E-state index in [1.165, 1.54) is 36.9 Å². The standard InChI is InChI=1S/C26H28N2O6S/c1-20(25(29)28-15-13-27(14-16-28)18-21-8-4-2-5-9-21)34-26(30)24-22(12-17-33-24)19-35(31,32)23-10-6-3-7-11-23/h2-12,17,20H,13-16,18-19H2,1H3. The minimum absolute atomic E-state index is 0.149. The Morgan fingerprint density at radius 1 is 0.943 bits per heavy atom. The fraction of sp³-hybridized carbons (Fsp3) is 0.308. The molecule has 1 aromatic heterocycles. The molecule has 184 valence electrons. The van der Waals surface area contributed by atoms with Gasteiger partial charge in [0.15, 0.2) is 15.9 Å². The van der Waals surface area contributed by atoms with Crippen molar-refractivity contribution in [1.82, 2.24) is 9.80 Å². The number of rotatable bonds is 8. The molecule has 1 unspecified atom stereocenters. The molecule has 1 aliphatic heterocycles. The zero-order valence-electron chi connectivity index (χ0n) is 19.5. The molecule has 0 bridgehead atoms. The third kappa shape index (κ3) is 6.17. The predicted octanol–water partition coefficient (Wildman–Crippen LogP) is 3.14. The number of esters is 1. The van der Waals surface area contributed by atoms with Gasteiger partial charge in [0, 0.05) is 38.3 Å². The summed E-state index contributed by atoms with van der Waals surface area (Å²) in [5.74, 6) is -1.78. The zero-order valence-corrected chi connectivity index (χ0v) is 20.3. The highest BCUT2D eigenvalue weighted by Crippen LogP contribution is 2.21. The fourth-order valence-corrected chi connectivity index (χ4v) is 5.41. The van der Waals surface area contributed by atoms with Crippen LogP contribution >= 0.6 is 0 Å². The molecule has 4 rings (SSSR count). The zero-order chi connectivity index (χ0) is 24.8. The van der Waals surface area contributed by atoms with Gasteiger partial charge < -0.3 is 14.1 Å². The molecule has 1 saturated heterocycles. The van der Waals surface area contributed by atoms with Gasteiger partial charge in [0.2, 0.25) is 5.76 Å². The van der Waals surface area contributed by atoms with Crippen molar-refractivity contribution < 1.29 is 27.2 Å². The van der Waals surface area contributed by atoms with Gasteiger partial charge in [0.25, 0.3) is 5.91 Å². The smallest absolute Gasteiger partial charge is 0.375 e. The number of carbonyl (C=O) groups is 2. The summed E-state index contributed by atoms with van der Waals surface area (Å²) in [5, 5.41) is 0. The van der Waals surface area contributed by atoms with Gasteiger partial charge in [-0.1, -0.05) is 48.5 Å². The maximum absolute atomic E-state index is 12.9. The number of hydrogen-bond donors (Lipinski definition) is 0. The van der Waals surface area contributed by atoms with Gasteiger partial charge in [0.05, 0.1) is 16.9 Å². The van der Waals surface area contributed by atoms with Crippen LogP contribution in [0, 0.1) is 0 Å². The van der Waals surface area contributed by atoms with Crippen LogP contribution in [0.15, 0.2) is 82.3 Å². The van der Waals surface area contributed by atoms with E-state index in [9.17, 15) is 18.0 Å². The molecule has 0 N–H and O–H groups in total. The van der Waals surface area contributed by atoms with Crippen molar-refractivity contribution in [2.24, 2.45) is 0 Å². The Morgan fingerprint density at radius 2 is 1.57 bits per heavy atom. The average molecular weight is 497 g/mol. The van der Waals surface area contributed by atoms with Gasteiger partial charge in [0.1, 0.15) is 0 Å². The molecule has 9 heteroatoms. The first-order valence-corrected chi connectivity index (χ1v) is 13.1. The molecule has 0 aliphatic carbocycles. The van der Waals surface area contributed by atoms with E-state index in [1.807, 2.05) is 18.2 Å². The van der Waals surface area contributed by atoms with Gasteiger partial charge in [-0.05, 0) is 30.7 Å². The Labute approximate surface area is 205 Å². The van der Waals surface area contributed by atoms with E-state index >= 15 is 0 Å². The molecule has 0 radical (unpaired) electrons. The number of furan rings is 1. The van der Waals surface area contributed by atoms with Crippen molar-refractivity contribution in [2.45, 2.75) is 30.2 Å². The van der Waals surface area contributed by atoms with Gasteiger partial charge in [-0.15, -0.1) is 0 Å². The van der Waals surface area contributed by atoms with Crippen molar-refractivity contribution in [2.75, 3.05) is 26.2 Å². The molecule has 35 heavy (non-hydrogen) atoms. The van der Waals surface area contributed by atoms with Crippen LogP contribution in [0.25, 0.3) is 0 Å². The Hall–Kier alpha value is -3.43. The van der Waals surface area contributed by atoms with Crippen LogP contribution in [0.4, 0.5) is 0 Å². The third-order valence-corrected chi connectivity index (χ3v) is 7.63. The second kappa shape index (κ2) is 10.9. The highest BCUT2D eigenvalue weighted by molar-refractivity contribution is 7.90. The van der Waals surface area contributed by atoms with E-state index in [2.05, 4.69) is 17.0 Å². The maximum atomic E-state index is 12.9.